The van der Waals surface area contributed by atoms with Crippen LogP contribution in [0.5, 0.6) is 0 Å². The summed E-state index contributed by atoms with van der Waals surface area (Å²) in [5.41, 5.74) is 5.40. The molecule has 1 aromatic carbocycles. The molecule has 0 aliphatic heterocycles. The van der Waals surface area contributed by atoms with Gasteiger partial charge in [-0.05, 0) is 34.1 Å². The molecule has 0 atom stereocenters. The van der Waals surface area contributed by atoms with Gasteiger partial charge in [0.2, 0.25) is 5.91 Å². The third kappa shape index (κ3) is 3.19. The van der Waals surface area contributed by atoms with Crippen LogP contribution in [0.25, 0.3) is 0 Å². The Hall–Kier alpha value is -1.34. The summed E-state index contributed by atoms with van der Waals surface area (Å²) in [5, 5.41) is 0. The smallest absolute Gasteiger partial charge is 0.229 e. The molecule has 0 aliphatic carbocycles. The van der Waals surface area contributed by atoms with Gasteiger partial charge in [-0.15, -0.1) is 0 Å². The summed E-state index contributed by atoms with van der Waals surface area (Å²) in [4.78, 5) is 10.4. The van der Waals surface area contributed by atoms with Crippen molar-refractivity contribution in [2.75, 3.05) is 0 Å². The molecule has 4 heteroatoms. The Labute approximate surface area is 89.4 Å². The van der Waals surface area contributed by atoms with E-state index in [-0.39, 0.29) is 12.2 Å². The minimum atomic E-state index is -0.495. The van der Waals surface area contributed by atoms with Gasteiger partial charge in [-0.3, -0.25) is 4.79 Å². The van der Waals surface area contributed by atoms with Crippen molar-refractivity contribution in [1.82, 2.24) is 0 Å². The molecule has 1 aromatic rings. The fourth-order valence-corrected chi connectivity index (χ4v) is 1.17. The van der Waals surface area contributed by atoms with E-state index in [0.29, 0.717) is 10.0 Å². The number of primary amides is 1. The van der Waals surface area contributed by atoms with E-state index < -0.39 is 5.91 Å². The van der Waals surface area contributed by atoms with Crippen LogP contribution in [0.15, 0.2) is 22.7 Å². The maximum absolute atomic E-state index is 12.8. The molecule has 2 N–H and O–H groups in total. The van der Waals surface area contributed by atoms with E-state index >= 15 is 0 Å². The van der Waals surface area contributed by atoms with Crippen molar-refractivity contribution in [2.24, 2.45) is 5.73 Å². The highest BCUT2D eigenvalue weighted by Crippen LogP contribution is 2.16. The average molecular weight is 256 g/mol. The second kappa shape index (κ2) is 4.77. The summed E-state index contributed by atoms with van der Waals surface area (Å²) < 4.78 is 13.4. The molecular weight excluding hydrogens is 249 g/mol. The first-order valence-corrected chi connectivity index (χ1v) is 4.61. The fraction of sp³-hybridized carbons (Fsp3) is 0.100. The summed E-state index contributed by atoms with van der Waals surface area (Å²) in [7, 11) is 0. The van der Waals surface area contributed by atoms with Crippen LogP contribution >= 0.6 is 15.9 Å². The van der Waals surface area contributed by atoms with Gasteiger partial charge in [0.25, 0.3) is 0 Å². The first-order chi connectivity index (χ1) is 6.59. The molecule has 0 bridgehead atoms. The van der Waals surface area contributed by atoms with E-state index in [9.17, 15) is 9.18 Å². The molecule has 0 saturated heterocycles. The Morgan fingerprint density at radius 1 is 1.57 bits per heavy atom. The first-order valence-electron chi connectivity index (χ1n) is 3.82. The van der Waals surface area contributed by atoms with Gasteiger partial charge in [0.05, 0.1) is 6.42 Å². The van der Waals surface area contributed by atoms with Gasteiger partial charge in [-0.2, -0.15) is 0 Å². The minimum absolute atomic E-state index is 0.0248. The molecule has 2 nitrogen and oxygen atoms in total. The molecule has 0 radical (unpaired) electrons. The second-order valence-corrected chi connectivity index (χ2v) is 3.42. The summed E-state index contributed by atoms with van der Waals surface area (Å²) >= 11 is 3.21. The van der Waals surface area contributed by atoms with E-state index in [1.54, 1.807) is 6.07 Å². The highest BCUT2D eigenvalue weighted by molar-refractivity contribution is 9.10. The largest absolute Gasteiger partial charge is 0.369 e. The lowest BCUT2D eigenvalue weighted by atomic mass is 10.2. The molecule has 0 aromatic heterocycles. The Balaban J connectivity index is 2.88. The van der Waals surface area contributed by atoms with Gasteiger partial charge < -0.3 is 5.73 Å². The number of hydrogen-bond donors (Lipinski definition) is 1. The van der Waals surface area contributed by atoms with Crippen LogP contribution in [0.2, 0.25) is 0 Å². The van der Waals surface area contributed by atoms with Crippen molar-refractivity contribution in [2.45, 2.75) is 6.42 Å². The molecule has 0 aliphatic rings. The van der Waals surface area contributed by atoms with Crippen LogP contribution < -0.4 is 5.73 Å². The van der Waals surface area contributed by atoms with Crippen LogP contribution in [-0.4, -0.2) is 5.91 Å². The number of carbonyl (C=O) groups excluding carboxylic acids is 1. The monoisotopic (exact) mass is 255 g/mol. The summed E-state index contributed by atoms with van der Waals surface area (Å²) in [6.07, 6.45) is -0.0248. The standard InChI is InChI=1S/C10H7BrFNO/c11-9-5-4-8(12)6-7(9)2-1-3-10(13)14/h4-6H,3H2,(H2,13,14). The van der Waals surface area contributed by atoms with E-state index in [1.807, 2.05) is 0 Å². The van der Waals surface area contributed by atoms with Crippen LogP contribution in [0.4, 0.5) is 4.39 Å². The minimum Gasteiger partial charge on any atom is -0.369 e. The van der Waals surface area contributed by atoms with Gasteiger partial charge in [-0.25, -0.2) is 4.39 Å². The Morgan fingerprint density at radius 3 is 2.93 bits per heavy atom. The fourth-order valence-electron chi connectivity index (χ4n) is 0.820. The van der Waals surface area contributed by atoms with Crippen molar-refractivity contribution >= 4 is 21.8 Å². The zero-order valence-electron chi connectivity index (χ0n) is 7.18. The lowest BCUT2D eigenvalue weighted by Gasteiger charge is -1.94. The highest BCUT2D eigenvalue weighted by atomic mass is 79.9. The summed E-state index contributed by atoms with van der Waals surface area (Å²) in [5.74, 6) is 4.34. The lowest BCUT2D eigenvalue weighted by Crippen LogP contribution is -2.08. The third-order valence-electron chi connectivity index (χ3n) is 1.41. The topological polar surface area (TPSA) is 43.1 Å². The van der Waals surface area contributed by atoms with Gasteiger partial charge in [0.1, 0.15) is 5.82 Å². The lowest BCUT2D eigenvalue weighted by molar-refractivity contribution is -0.117. The Kier molecular flexibility index (Phi) is 3.66. The Morgan fingerprint density at radius 2 is 2.29 bits per heavy atom. The summed E-state index contributed by atoms with van der Waals surface area (Å²) in [6.45, 7) is 0. The number of amides is 1. The molecule has 1 rings (SSSR count). The highest BCUT2D eigenvalue weighted by Gasteiger charge is 1.97. The van der Waals surface area contributed by atoms with Crippen LogP contribution in [0.3, 0.4) is 0 Å². The molecule has 1 amide bonds. The quantitative estimate of drug-likeness (QED) is 0.765. The number of nitrogens with two attached hydrogens (primary N) is 1. The zero-order valence-corrected chi connectivity index (χ0v) is 8.77. The van der Waals surface area contributed by atoms with Crippen molar-refractivity contribution in [3.8, 4) is 11.8 Å². The maximum Gasteiger partial charge on any atom is 0.229 e. The van der Waals surface area contributed by atoms with Crippen LogP contribution in [0.1, 0.15) is 12.0 Å². The molecule has 0 spiro atoms. The molecule has 0 heterocycles. The number of rotatable bonds is 1. The SMILES string of the molecule is NC(=O)CC#Cc1cc(F)ccc1Br. The second-order valence-electron chi connectivity index (χ2n) is 2.57. The number of hydrogen-bond acceptors (Lipinski definition) is 1. The normalized spacial score (nSPS) is 9.00. The molecule has 72 valence electrons. The maximum atomic E-state index is 12.8. The predicted octanol–water partition coefficient (Wildman–Crippen LogP) is 1.82. The molecule has 0 fully saturated rings. The van der Waals surface area contributed by atoms with Gasteiger partial charge >= 0.3 is 0 Å². The summed E-state index contributed by atoms with van der Waals surface area (Å²) in [6, 6.07) is 4.17. The van der Waals surface area contributed by atoms with E-state index in [4.69, 9.17) is 5.73 Å². The van der Waals surface area contributed by atoms with Crippen molar-refractivity contribution in [3.05, 3.63) is 34.1 Å². The molecule has 0 saturated carbocycles. The number of halogens is 2. The number of carbonyl (C=O) groups is 1. The Bertz CT molecular complexity index is 420. The van der Waals surface area contributed by atoms with E-state index in [1.165, 1.54) is 12.1 Å². The molecule has 0 unspecified atom stereocenters. The zero-order chi connectivity index (χ0) is 10.6. The van der Waals surface area contributed by atoms with Crippen LogP contribution in [-0.2, 0) is 4.79 Å². The average Bonchev–Trinajstić information content (AvgIpc) is 2.10. The van der Waals surface area contributed by atoms with Crippen molar-refractivity contribution < 1.29 is 9.18 Å². The third-order valence-corrected chi connectivity index (χ3v) is 2.11. The first kappa shape index (κ1) is 10.7. The van der Waals surface area contributed by atoms with Gasteiger partial charge in [0, 0.05) is 10.0 Å². The van der Waals surface area contributed by atoms with Crippen molar-refractivity contribution in [3.63, 3.8) is 0 Å². The van der Waals surface area contributed by atoms with E-state index in [0.717, 1.165) is 0 Å². The van der Waals surface area contributed by atoms with E-state index in [2.05, 4.69) is 27.8 Å². The number of benzene rings is 1. The van der Waals surface area contributed by atoms with Crippen LogP contribution in [0, 0.1) is 17.7 Å². The predicted molar refractivity (Wildman–Crippen MR) is 54.8 cm³/mol. The van der Waals surface area contributed by atoms with Crippen molar-refractivity contribution in [1.29, 1.82) is 0 Å². The molecular formula is C10H7BrFNO. The molecule has 14 heavy (non-hydrogen) atoms. The van der Waals surface area contributed by atoms with Gasteiger partial charge in [0.15, 0.2) is 0 Å². The van der Waals surface area contributed by atoms with Gasteiger partial charge in [-0.1, -0.05) is 11.8 Å².